The minimum atomic E-state index is -0.898. The van der Waals surface area contributed by atoms with Crippen LogP contribution in [-0.2, 0) is 16.1 Å². The molecule has 2 amide bonds. The number of carbonyl (C=O) groups excluding carboxylic acids is 2. The molecule has 7 nitrogen and oxygen atoms in total. The second-order valence-corrected chi connectivity index (χ2v) is 2.59. The molecule has 1 heterocycles. The molecule has 0 unspecified atom stereocenters. The Bertz CT molecular complexity index is 346. The smallest absolute Gasteiger partial charge is 0.323 e. The van der Waals surface area contributed by atoms with Gasteiger partial charge < -0.3 is 9.84 Å². The first-order valence-electron chi connectivity index (χ1n) is 3.84. The molecule has 1 aromatic heterocycles. The fraction of sp³-hybridized carbons (Fsp3) is 0.286. The minimum Gasteiger partial charge on any atom is -0.361 e. The van der Waals surface area contributed by atoms with Crippen molar-refractivity contribution in [2.75, 3.05) is 0 Å². The Labute approximate surface area is 79.6 Å². The predicted molar refractivity (Wildman–Crippen MR) is 45.4 cm³/mol. The highest BCUT2D eigenvalue weighted by Crippen LogP contribution is 2.00. The second kappa shape index (κ2) is 4.38. The van der Waals surface area contributed by atoms with Crippen LogP contribution in [0.2, 0.25) is 0 Å². The summed E-state index contributed by atoms with van der Waals surface area (Å²) >= 11 is 0. The lowest BCUT2D eigenvalue weighted by Gasteiger charge is -1.99. The van der Waals surface area contributed by atoms with Gasteiger partial charge in [-0.25, -0.2) is 5.84 Å². The molecule has 0 aliphatic rings. The number of hydrazine groups is 1. The van der Waals surface area contributed by atoms with E-state index in [1.54, 1.807) is 18.4 Å². The van der Waals surface area contributed by atoms with Gasteiger partial charge in [0.25, 0.3) is 0 Å². The van der Waals surface area contributed by atoms with Crippen molar-refractivity contribution >= 4 is 11.8 Å². The molecule has 1 rings (SSSR count). The number of carbonyl (C=O) groups is 2. The van der Waals surface area contributed by atoms with Crippen LogP contribution in [0.25, 0.3) is 0 Å². The van der Waals surface area contributed by atoms with E-state index in [2.05, 4.69) is 10.5 Å². The highest BCUT2D eigenvalue weighted by Gasteiger charge is 2.11. The summed E-state index contributed by atoms with van der Waals surface area (Å²) in [7, 11) is 0. The SMILES string of the molecule is Cc1cc(CNC(=O)C(=O)NN)no1. The molecule has 0 spiro atoms. The van der Waals surface area contributed by atoms with Gasteiger partial charge in [-0.15, -0.1) is 0 Å². The van der Waals surface area contributed by atoms with Gasteiger partial charge in [-0.2, -0.15) is 0 Å². The molecule has 0 aliphatic heterocycles. The molecule has 4 N–H and O–H groups in total. The number of amides is 2. The number of nitrogens with zero attached hydrogens (tertiary/aromatic N) is 1. The van der Waals surface area contributed by atoms with Crippen LogP contribution in [0.1, 0.15) is 11.5 Å². The maximum Gasteiger partial charge on any atom is 0.323 e. The van der Waals surface area contributed by atoms with Gasteiger partial charge in [0.1, 0.15) is 11.5 Å². The zero-order chi connectivity index (χ0) is 10.6. The molecule has 0 atom stereocenters. The molecule has 0 bridgehead atoms. The normalized spacial score (nSPS) is 9.57. The van der Waals surface area contributed by atoms with Crippen molar-refractivity contribution in [2.24, 2.45) is 5.84 Å². The van der Waals surface area contributed by atoms with Crippen LogP contribution in [0.4, 0.5) is 0 Å². The standard InChI is InChI=1S/C7H10N4O3/c1-4-2-5(11-14-4)3-9-6(12)7(13)10-8/h2H,3,8H2,1H3,(H,9,12)(H,10,13). The van der Waals surface area contributed by atoms with E-state index in [0.29, 0.717) is 11.5 Å². The molecular weight excluding hydrogens is 188 g/mol. The third-order valence-electron chi connectivity index (χ3n) is 1.44. The van der Waals surface area contributed by atoms with Crippen molar-refractivity contribution in [3.63, 3.8) is 0 Å². The van der Waals surface area contributed by atoms with Gasteiger partial charge in [-0.3, -0.25) is 15.0 Å². The largest absolute Gasteiger partial charge is 0.361 e. The summed E-state index contributed by atoms with van der Waals surface area (Å²) in [6, 6.07) is 1.65. The first kappa shape index (κ1) is 10.2. The van der Waals surface area contributed by atoms with Crippen molar-refractivity contribution in [1.29, 1.82) is 0 Å². The number of aryl methyl sites for hydroxylation is 1. The second-order valence-electron chi connectivity index (χ2n) is 2.59. The molecular formula is C7H10N4O3. The Morgan fingerprint density at radius 1 is 1.57 bits per heavy atom. The van der Waals surface area contributed by atoms with E-state index in [1.807, 2.05) is 0 Å². The quantitative estimate of drug-likeness (QED) is 0.234. The van der Waals surface area contributed by atoms with Gasteiger partial charge in [0, 0.05) is 6.07 Å². The Morgan fingerprint density at radius 3 is 2.79 bits per heavy atom. The van der Waals surface area contributed by atoms with E-state index in [4.69, 9.17) is 10.4 Å². The zero-order valence-electron chi connectivity index (χ0n) is 7.53. The van der Waals surface area contributed by atoms with E-state index >= 15 is 0 Å². The van der Waals surface area contributed by atoms with Crippen LogP contribution in [-0.4, -0.2) is 17.0 Å². The summed E-state index contributed by atoms with van der Waals surface area (Å²) in [5.74, 6) is 3.68. The number of nitrogens with two attached hydrogens (primary N) is 1. The Hall–Kier alpha value is -1.89. The molecule has 76 valence electrons. The van der Waals surface area contributed by atoms with Crippen molar-refractivity contribution in [3.8, 4) is 0 Å². The monoisotopic (exact) mass is 198 g/mol. The van der Waals surface area contributed by atoms with Crippen LogP contribution in [0.3, 0.4) is 0 Å². The van der Waals surface area contributed by atoms with Crippen molar-refractivity contribution in [2.45, 2.75) is 13.5 Å². The summed E-state index contributed by atoms with van der Waals surface area (Å²) in [5, 5.41) is 5.93. The lowest BCUT2D eigenvalue weighted by atomic mass is 10.4. The fourth-order valence-electron chi connectivity index (χ4n) is 0.818. The van der Waals surface area contributed by atoms with Gasteiger partial charge in [-0.1, -0.05) is 5.16 Å². The summed E-state index contributed by atoms with van der Waals surface area (Å²) in [6.07, 6.45) is 0. The van der Waals surface area contributed by atoms with Crippen LogP contribution in [0, 0.1) is 6.92 Å². The lowest BCUT2D eigenvalue weighted by molar-refractivity contribution is -0.139. The molecule has 1 aromatic rings. The van der Waals surface area contributed by atoms with Crippen LogP contribution < -0.4 is 16.6 Å². The van der Waals surface area contributed by atoms with Crippen LogP contribution in [0.15, 0.2) is 10.6 Å². The summed E-state index contributed by atoms with van der Waals surface area (Å²) in [6.45, 7) is 1.86. The van der Waals surface area contributed by atoms with Crippen LogP contribution >= 0.6 is 0 Å². The maximum atomic E-state index is 10.9. The first-order chi connectivity index (χ1) is 6.63. The molecule has 0 aromatic carbocycles. The third-order valence-corrected chi connectivity index (χ3v) is 1.44. The molecule has 7 heteroatoms. The summed E-state index contributed by atoms with van der Waals surface area (Å²) in [5.41, 5.74) is 2.25. The van der Waals surface area contributed by atoms with Crippen LogP contribution in [0.5, 0.6) is 0 Å². The molecule has 14 heavy (non-hydrogen) atoms. The topological polar surface area (TPSA) is 110 Å². The van der Waals surface area contributed by atoms with Crippen molar-refractivity contribution < 1.29 is 14.1 Å². The van der Waals surface area contributed by atoms with Crippen molar-refractivity contribution in [3.05, 3.63) is 17.5 Å². The molecule has 0 fully saturated rings. The summed E-state index contributed by atoms with van der Waals surface area (Å²) < 4.78 is 4.76. The number of nitrogens with one attached hydrogen (secondary N) is 2. The summed E-state index contributed by atoms with van der Waals surface area (Å²) in [4.78, 5) is 21.5. The third kappa shape index (κ3) is 2.56. The lowest BCUT2D eigenvalue weighted by Crippen LogP contribution is -2.42. The van der Waals surface area contributed by atoms with E-state index < -0.39 is 11.8 Å². The predicted octanol–water partition coefficient (Wildman–Crippen LogP) is -1.41. The Morgan fingerprint density at radius 2 is 2.29 bits per heavy atom. The average molecular weight is 198 g/mol. The molecule has 0 radical (unpaired) electrons. The molecule has 0 saturated carbocycles. The van der Waals surface area contributed by atoms with E-state index in [0.717, 1.165) is 0 Å². The highest BCUT2D eigenvalue weighted by atomic mass is 16.5. The number of aromatic nitrogens is 1. The maximum absolute atomic E-state index is 10.9. The first-order valence-corrected chi connectivity index (χ1v) is 3.84. The van der Waals surface area contributed by atoms with E-state index in [-0.39, 0.29) is 6.54 Å². The van der Waals surface area contributed by atoms with Gasteiger partial charge in [0.2, 0.25) is 0 Å². The fourth-order valence-corrected chi connectivity index (χ4v) is 0.818. The van der Waals surface area contributed by atoms with Gasteiger partial charge >= 0.3 is 11.8 Å². The van der Waals surface area contributed by atoms with Crippen molar-refractivity contribution in [1.82, 2.24) is 15.9 Å². The minimum absolute atomic E-state index is 0.129. The van der Waals surface area contributed by atoms with Gasteiger partial charge in [-0.05, 0) is 6.92 Å². The Kier molecular flexibility index (Phi) is 3.19. The van der Waals surface area contributed by atoms with Gasteiger partial charge in [0.05, 0.1) is 6.54 Å². The number of rotatable bonds is 2. The zero-order valence-corrected chi connectivity index (χ0v) is 7.53. The number of hydrogen-bond donors (Lipinski definition) is 3. The molecule has 0 saturated heterocycles. The molecule has 0 aliphatic carbocycles. The van der Waals surface area contributed by atoms with E-state index in [1.165, 1.54) is 0 Å². The Balaban J connectivity index is 2.41. The number of hydrogen-bond acceptors (Lipinski definition) is 5. The highest BCUT2D eigenvalue weighted by molar-refractivity contribution is 6.34. The van der Waals surface area contributed by atoms with Gasteiger partial charge in [0.15, 0.2) is 0 Å². The van der Waals surface area contributed by atoms with E-state index in [9.17, 15) is 9.59 Å². The average Bonchev–Trinajstić information content (AvgIpc) is 2.59.